The number of benzene rings is 1. The molecular weight excluding hydrogens is 169 g/mol. The van der Waals surface area contributed by atoms with Crippen molar-refractivity contribution in [3.05, 3.63) is 29.6 Å². The summed E-state index contributed by atoms with van der Waals surface area (Å²) in [4.78, 5) is 0. The van der Waals surface area contributed by atoms with Gasteiger partial charge in [0.1, 0.15) is 11.6 Å². The molecule has 0 saturated heterocycles. The minimum atomic E-state index is -0.252. The molecule has 2 nitrogen and oxygen atoms in total. The molecule has 0 aliphatic heterocycles. The highest BCUT2D eigenvalue weighted by molar-refractivity contribution is 5.37. The molecule has 0 aliphatic rings. The normalized spacial score (nSPS) is 12.6. The van der Waals surface area contributed by atoms with Crippen molar-refractivity contribution in [1.82, 2.24) is 0 Å². The fourth-order valence-electron chi connectivity index (χ4n) is 1.29. The fourth-order valence-corrected chi connectivity index (χ4v) is 1.29. The van der Waals surface area contributed by atoms with Gasteiger partial charge >= 0.3 is 0 Å². The van der Waals surface area contributed by atoms with E-state index in [4.69, 9.17) is 10.5 Å². The maximum Gasteiger partial charge on any atom is 0.130 e. The van der Waals surface area contributed by atoms with E-state index >= 15 is 0 Å². The van der Waals surface area contributed by atoms with Crippen LogP contribution in [0.4, 0.5) is 4.39 Å². The Labute approximate surface area is 77.5 Å². The molecule has 0 amide bonds. The van der Waals surface area contributed by atoms with E-state index in [1.807, 2.05) is 6.92 Å². The Morgan fingerprint density at radius 2 is 2.23 bits per heavy atom. The van der Waals surface area contributed by atoms with Crippen LogP contribution in [0.5, 0.6) is 5.75 Å². The topological polar surface area (TPSA) is 35.2 Å². The first kappa shape index (κ1) is 9.99. The lowest BCUT2D eigenvalue weighted by Crippen LogP contribution is -2.11. The van der Waals surface area contributed by atoms with Crippen LogP contribution in [0.15, 0.2) is 18.2 Å². The van der Waals surface area contributed by atoms with Crippen molar-refractivity contribution < 1.29 is 9.13 Å². The minimum Gasteiger partial charge on any atom is -0.496 e. The van der Waals surface area contributed by atoms with Gasteiger partial charge in [-0.2, -0.15) is 0 Å². The fraction of sp³-hybridized carbons (Fsp3) is 0.400. The molecule has 2 N–H and O–H groups in total. The van der Waals surface area contributed by atoms with Crippen LogP contribution in [-0.4, -0.2) is 13.7 Å². The number of rotatable bonds is 3. The molecule has 1 aromatic carbocycles. The van der Waals surface area contributed by atoms with E-state index < -0.39 is 0 Å². The number of halogens is 1. The number of ether oxygens (including phenoxy) is 1. The summed E-state index contributed by atoms with van der Waals surface area (Å²) >= 11 is 0. The largest absolute Gasteiger partial charge is 0.496 e. The number of hydrogen-bond acceptors (Lipinski definition) is 2. The van der Waals surface area contributed by atoms with Gasteiger partial charge in [0.2, 0.25) is 0 Å². The smallest absolute Gasteiger partial charge is 0.130 e. The van der Waals surface area contributed by atoms with Crippen LogP contribution in [0.25, 0.3) is 0 Å². The maximum atomic E-state index is 13.3. The van der Waals surface area contributed by atoms with Gasteiger partial charge in [0.05, 0.1) is 7.11 Å². The van der Waals surface area contributed by atoms with Crippen LogP contribution in [0, 0.1) is 5.82 Å². The van der Waals surface area contributed by atoms with Gasteiger partial charge in [0, 0.05) is 5.56 Å². The molecule has 0 heterocycles. The molecule has 1 unspecified atom stereocenters. The predicted molar refractivity (Wildman–Crippen MR) is 50.4 cm³/mol. The molecule has 1 rings (SSSR count). The molecule has 3 heteroatoms. The third-order valence-electron chi connectivity index (χ3n) is 2.08. The number of hydrogen-bond donors (Lipinski definition) is 1. The van der Waals surface area contributed by atoms with Crippen molar-refractivity contribution in [1.29, 1.82) is 0 Å². The molecule has 0 aliphatic carbocycles. The van der Waals surface area contributed by atoms with Gasteiger partial charge in [-0.15, -0.1) is 0 Å². The molecule has 13 heavy (non-hydrogen) atoms. The minimum absolute atomic E-state index is 0.0175. The molecule has 0 fully saturated rings. The third kappa shape index (κ3) is 1.98. The Kier molecular flexibility index (Phi) is 3.25. The molecule has 0 aromatic heterocycles. The van der Waals surface area contributed by atoms with E-state index in [1.54, 1.807) is 12.1 Å². The van der Waals surface area contributed by atoms with Crippen LogP contribution >= 0.6 is 0 Å². The summed E-state index contributed by atoms with van der Waals surface area (Å²) in [5.74, 6) is 0.298. The van der Waals surface area contributed by atoms with E-state index in [0.717, 1.165) is 0 Å². The number of nitrogens with two attached hydrogens (primary N) is 1. The van der Waals surface area contributed by atoms with Gasteiger partial charge in [-0.05, 0) is 24.6 Å². The first-order valence-corrected chi connectivity index (χ1v) is 4.23. The SMILES string of the molecule is COc1cccc(F)c1C(C)CN. The van der Waals surface area contributed by atoms with Gasteiger partial charge < -0.3 is 10.5 Å². The Morgan fingerprint density at radius 3 is 2.77 bits per heavy atom. The zero-order valence-corrected chi connectivity index (χ0v) is 7.88. The van der Waals surface area contributed by atoms with E-state index in [-0.39, 0.29) is 11.7 Å². The summed E-state index contributed by atoms with van der Waals surface area (Å²) in [5.41, 5.74) is 6.04. The molecule has 0 radical (unpaired) electrons. The second kappa shape index (κ2) is 4.23. The molecular formula is C10H14FNO. The second-order valence-corrected chi connectivity index (χ2v) is 2.99. The highest BCUT2D eigenvalue weighted by Crippen LogP contribution is 2.28. The van der Waals surface area contributed by atoms with Crippen LogP contribution in [0.2, 0.25) is 0 Å². The molecule has 0 spiro atoms. The zero-order valence-electron chi connectivity index (χ0n) is 7.88. The van der Waals surface area contributed by atoms with Crippen molar-refractivity contribution in [2.45, 2.75) is 12.8 Å². The van der Waals surface area contributed by atoms with Gasteiger partial charge in [-0.1, -0.05) is 13.0 Å². The first-order chi connectivity index (χ1) is 6.20. The van der Waals surface area contributed by atoms with Gasteiger partial charge in [0.15, 0.2) is 0 Å². The Balaban J connectivity index is 3.14. The summed E-state index contributed by atoms with van der Waals surface area (Å²) in [7, 11) is 1.53. The lowest BCUT2D eigenvalue weighted by molar-refractivity contribution is 0.400. The van der Waals surface area contributed by atoms with Crippen molar-refractivity contribution in [3.8, 4) is 5.75 Å². The van der Waals surface area contributed by atoms with Crippen LogP contribution in [0.3, 0.4) is 0 Å². The lowest BCUT2D eigenvalue weighted by atomic mass is 10.00. The first-order valence-electron chi connectivity index (χ1n) is 4.23. The molecule has 0 saturated carbocycles. The summed E-state index contributed by atoms with van der Waals surface area (Å²) < 4.78 is 18.4. The second-order valence-electron chi connectivity index (χ2n) is 2.99. The maximum absolute atomic E-state index is 13.3. The van der Waals surface area contributed by atoms with E-state index in [1.165, 1.54) is 13.2 Å². The van der Waals surface area contributed by atoms with E-state index in [9.17, 15) is 4.39 Å². The van der Waals surface area contributed by atoms with Crippen LogP contribution in [0.1, 0.15) is 18.4 Å². The quantitative estimate of drug-likeness (QED) is 0.776. The molecule has 1 atom stereocenters. The van der Waals surface area contributed by atoms with Gasteiger partial charge in [-0.3, -0.25) is 0 Å². The van der Waals surface area contributed by atoms with E-state index in [2.05, 4.69) is 0 Å². The highest BCUT2D eigenvalue weighted by Gasteiger charge is 2.14. The predicted octanol–water partition coefficient (Wildman–Crippen LogP) is 1.90. The van der Waals surface area contributed by atoms with E-state index in [0.29, 0.717) is 17.9 Å². The highest BCUT2D eigenvalue weighted by atomic mass is 19.1. The molecule has 1 aromatic rings. The lowest BCUT2D eigenvalue weighted by Gasteiger charge is -2.14. The summed E-state index contributed by atoms with van der Waals surface area (Å²) in [6.45, 7) is 2.29. The van der Waals surface area contributed by atoms with Crippen molar-refractivity contribution in [2.75, 3.05) is 13.7 Å². The van der Waals surface area contributed by atoms with Crippen molar-refractivity contribution >= 4 is 0 Å². The standard InChI is InChI=1S/C10H14FNO/c1-7(6-12)10-8(11)4-3-5-9(10)13-2/h3-5,7H,6,12H2,1-2H3. The van der Waals surface area contributed by atoms with Crippen LogP contribution in [-0.2, 0) is 0 Å². The molecule has 0 bridgehead atoms. The van der Waals surface area contributed by atoms with Gasteiger partial charge in [-0.25, -0.2) is 4.39 Å². The Morgan fingerprint density at radius 1 is 1.54 bits per heavy atom. The van der Waals surface area contributed by atoms with Crippen molar-refractivity contribution in [2.24, 2.45) is 5.73 Å². The average Bonchev–Trinajstić information content (AvgIpc) is 2.16. The summed E-state index contributed by atoms with van der Waals surface area (Å²) in [6.07, 6.45) is 0. The van der Waals surface area contributed by atoms with Gasteiger partial charge in [0.25, 0.3) is 0 Å². The van der Waals surface area contributed by atoms with Crippen molar-refractivity contribution in [3.63, 3.8) is 0 Å². The summed E-state index contributed by atoms with van der Waals surface area (Å²) in [5, 5.41) is 0. The monoisotopic (exact) mass is 183 g/mol. The zero-order chi connectivity index (χ0) is 9.84. The Hall–Kier alpha value is -1.09. The Bertz CT molecular complexity index is 288. The molecule has 72 valence electrons. The number of methoxy groups -OCH3 is 1. The third-order valence-corrected chi connectivity index (χ3v) is 2.08. The van der Waals surface area contributed by atoms with Crippen LogP contribution < -0.4 is 10.5 Å². The average molecular weight is 183 g/mol. The summed E-state index contributed by atoms with van der Waals surface area (Å²) in [6, 6.07) is 4.79.